The topological polar surface area (TPSA) is 50.4 Å². The molecule has 122 valence electrons. The number of urea groups is 1. The summed E-state index contributed by atoms with van der Waals surface area (Å²) >= 11 is 5.80. The normalized spacial score (nSPS) is 10.2. The molecule has 0 fully saturated rings. The molecule has 0 aliphatic heterocycles. The van der Waals surface area contributed by atoms with Gasteiger partial charge in [-0.2, -0.15) is 0 Å². The predicted molar refractivity (Wildman–Crippen MR) is 83.5 cm³/mol. The maximum atomic E-state index is 13.4. The maximum absolute atomic E-state index is 13.4. The molecular formula is C16H15ClF2N2O2. The minimum absolute atomic E-state index is 0.0865. The van der Waals surface area contributed by atoms with Gasteiger partial charge >= 0.3 is 6.03 Å². The van der Waals surface area contributed by atoms with Crippen molar-refractivity contribution in [2.24, 2.45) is 0 Å². The standard InChI is InChI=1S/C16H15ClF2N2O2/c17-13-9-12(18)5-6-15(13)23-8-7-20-16(22)21-10-11-3-1-2-4-14(11)19/h1-6,9H,7-8,10H2,(H2,20,21,22). The quantitative estimate of drug-likeness (QED) is 0.791. The van der Waals surface area contributed by atoms with Crippen LogP contribution in [-0.2, 0) is 6.54 Å². The van der Waals surface area contributed by atoms with Crippen molar-refractivity contribution in [3.63, 3.8) is 0 Å². The van der Waals surface area contributed by atoms with Gasteiger partial charge in [-0.05, 0) is 24.3 Å². The van der Waals surface area contributed by atoms with Crippen LogP contribution < -0.4 is 15.4 Å². The Morgan fingerprint density at radius 3 is 2.65 bits per heavy atom. The summed E-state index contributed by atoms with van der Waals surface area (Å²) in [6.07, 6.45) is 0. The minimum Gasteiger partial charge on any atom is -0.490 e. The molecule has 0 saturated heterocycles. The van der Waals surface area contributed by atoms with Crippen molar-refractivity contribution < 1.29 is 18.3 Å². The van der Waals surface area contributed by atoms with Crippen molar-refractivity contribution in [1.82, 2.24) is 10.6 Å². The number of hydrogen-bond donors (Lipinski definition) is 2. The molecule has 23 heavy (non-hydrogen) atoms. The van der Waals surface area contributed by atoms with Crippen LogP contribution >= 0.6 is 11.6 Å². The Kier molecular flexibility index (Phi) is 6.17. The summed E-state index contributed by atoms with van der Waals surface area (Å²) in [6.45, 7) is 0.471. The van der Waals surface area contributed by atoms with Gasteiger partial charge in [-0.15, -0.1) is 0 Å². The lowest BCUT2D eigenvalue weighted by molar-refractivity contribution is 0.236. The van der Waals surface area contributed by atoms with Crippen molar-refractivity contribution in [2.45, 2.75) is 6.54 Å². The van der Waals surface area contributed by atoms with Gasteiger partial charge in [0.05, 0.1) is 11.6 Å². The van der Waals surface area contributed by atoms with Gasteiger partial charge in [-0.25, -0.2) is 13.6 Å². The maximum Gasteiger partial charge on any atom is 0.315 e. The Balaban J connectivity index is 1.68. The van der Waals surface area contributed by atoms with Gasteiger partial charge in [0, 0.05) is 12.1 Å². The van der Waals surface area contributed by atoms with Crippen molar-refractivity contribution in [2.75, 3.05) is 13.2 Å². The Labute approximate surface area is 137 Å². The second-order valence-corrected chi connectivity index (χ2v) is 5.03. The molecule has 2 N–H and O–H groups in total. The van der Waals surface area contributed by atoms with Crippen LogP contribution in [0.5, 0.6) is 5.75 Å². The zero-order chi connectivity index (χ0) is 16.7. The summed E-state index contributed by atoms with van der Waals surface area (Å²) in [6, 6.07) is 9.54. The van der Waals surface area contributed by atoms with E-state index in [4.69, 9.17) is 16.3 Å². The highest BCUT2D eigenvalue weighted by molar-refractivity contribution is 6.32. The van der Waals surface area contributed by atoms with Crippen molar-refractivity contribution in [1.29, 1.82) is 0 Å². The first-order valence-electron chi connectivity index (χ1n) is 6.89. The molecule has 2 aromatic carbocycles. The largest absolute Gasteiger partial charge is 0.490 e. The number of carbonyl (C=O) groups excluding carboxylic acids is 1. The summed E-state index contributed by atoms with van der Waals surface area (Å²) < 4.78 is 31.6. The fourth-order valence-corrected chi connectivity index (χ4v) is 2.02. The monoisotopic (exact) mass is 340 g/mol. The van der Waals surface area contributed by atoms with Crippen molar-refractivity contribution >= 4 is 17.6 Å². The lowest BCUT2D eigenvalue weighted by Crippen LogP contribution is -2.37. The number of halogens is 3. The van der Waals surface area contributed by atoms with E-state index in [0.717, 1.165) is 6.07 Å². The Bertz CT molecular complexity index is 683. The molecule has 0 bridgehead atoms. The van der Waals surface area contributed by atoms with E-state index >= 15 is 0 Å². The van der Waals surface area contributed by atoms with Crippen molar-refractivity contribution in [3.05, 3.63) is 64.7 Å². The van der Waals surface area contributed by atoms with E-state index in [0.29, 0.717) is 11.3 Å². The van der Waals surface area contributed by atoms with Crippen LogP contribution in [0.2, 0.25) is 5.02 Å². The van der Waals surface area contributed by atoms with E-state index in [9.17, 15) is 13.6 Å². The number of ether oxygens (including phenoxy) is 1. The van der Waals surface area contributed by atoms with Crippen molar-refractivity contribution in [3.8, 4) is 5.75 Å². The summed E-state index contributed by atoms with van der Waals surface area (Å²) in [7, 11) is 0. The predicted octanol–water partition coefficient (Wildman–Crippen LogP) is 3.50. The highest BCUT2D eigenvalue weighted by Crippen LogP contribution is 2.24. The molecule has 0 radical (unpaired) electrons. The van der Waals surface area contributed by atoms with Gasteiger partial charge < -0.3 is 15.4 Å². The number of amides is 2. The summed E-state index contributed by atoms with van der Waals surface area (Å²) in [4.78, 5) is 11.6. The van der Waals surface area contributed by atoms with E-state index in [1.54, 1.807) is 18.2 Å². The zero-order valence-corrected chi connectivity index (χ0v) is 12.9. The number of rotatable bonds is 6. The Hall–Kier alpha value is -2.34. The number of hydrogen-bond acceptors (Lipinski definition) is 2. The van der Waals surface area contributed by atoms with E-state index < -0.39 is 11.8 Å². The number of carbonyl (C=O) groups is 1. The molecular weight excluding hydrogens is 326 g/mol. The van der Waals surface area contributed by atoms with E-state index in [-0.39, 0.29) is 30.5 Å². The van der Waals surface area contributed by atoms with Gasteiger partial charge in [0.25, 0.3) is 0 Å². The lowest BCUT2D eigenvalue weighted by Gasteiger charge is -2.10. The molecule has 0 atom stereocenters. The molecule has 2 aromatic rings. The average Bonchev–Trinajstić information content (AvgIpc) is 2.52. The SMILES string of the molecule is O=C(NCCOc1ccc(F)cc1Cl)NCc1ccccc1F. The van der Waals surface area contributed by atoms with Crippen LogP contribution in [0.1, 0.15) is 5.56 Å². The second-order valence-electron chi connectivity index (χ2n) is 4.62. The lowest BCUT2D eigenvalue weighted by atomic mass is 10.2. The molecule has 0 heterocycles. The van der Waals surface area contributed by atoms with Crippen LogP contribution in [-0.4, -0.2) is 19.2 Å². The van der Waals surface area contributed by atoms with E-state index in [1.807, 2.05) is 0 Å². The third-order valence-electron chi connectivity index (χ3n) is 2.94. The molecule has 0 saturated carbocycles. The molecule has 4 nitrogen and oxygen atoms in total. The molecule has 0 aliphatic rings. The molecule has 2 rings (SSSR count). The van der Waals surface area contributed by atoms with Gasteiger partial charge in [0.2, 0.25) is 0 Å². The molecule has 2 amide bonds. The molecule has 0 unspecified atom stereocenters. The fraction of sp³-hybridized carbons (Fsp3) is 0.188. The molecule has 0 spiro atoms. The molecule has 7 heteroatoms. The Morgan fingerprint density at radius 1 is 1.13 bits per heavy atom. The number of benzene rings is 2. The van der Waals surface area contributed by atoms with Gasteiger partial charge in [0.1, 0.15) is 24.0 Å². The highest BCUT2D eigenvalue weighted by Gasteiger charge is 2.05. The van der Waals surface area contributed by atoms with Gasteiger partial charge in [-0.1, -0.05) is 29.8 Å². The molecule has 0 aromatic heterocycles. The first-order chi connectivity index (χ1) is 11.1. The first-order valence-corrected chi connectivity index (χ1v) is 7.27. The zero-order valence-electron chi connectivity index (χ0n) is 12.1. The third kappa shape index (κ3) is 5.41. The van der Waals surface area contributed by atoms with Crippen LogP contribution in [0, 0.1) is 11.6 Å². The smallest absolute Gasteiger partial charge is 0.315 e. The summed E-state index contributed by atoms with van der Waals surface area (Å²) in [5.41, 5.74) is 0.400. The fourth-order valence-electron chi connectivity index (χ4n) is 1.80. The molecule has 0 aliphatic carbocycles. The van der Waals surface area contributed by atoms with E-state index in [2.05, 4.69) is 10.6 Å². The number of nitrogens with one attached hydrogen (secondary N) is 2. The van der Waals surface area contributed by atoms with Crippen LogP contribution in [0.25, 0.3) is 0 Å². The van der Waals surface area contributed by atoms with Crippen LogP contribution in [0.3, 0.4) is 0 Å². The van der Waals surface area contributed by atoms with Crippen LogP contribution in [0.4, 0.5) is 13.6 Å². The van der Waals surface area contributed by atoms with Gasteiger partial charge in [-0.3, -0.25) is 0 Å². The second kappa shape index (κ2) is 8.33. The summed E-state index contributed by atoms with van der Waals surface area (Å²) in [5, 5.41) is 5.26. The third-order valence-corrected chi connectivity index (χ3v) is 3.23. The van der Waals surface area contributed by atoms with Crippen LogP contribution in [0.15, 0.2) is 42.5 Å². The average molecular weight is 341 g/mol. The first kappa shape index (κ1) is 17.0. The van der Waals surface area contributed by atoms with E-state index in [1.165, 1.54) is 18.2 Å². The summed E-state index contributed by atoms with van der Waals surface area (Å²) in [5.74, 6) is -0.489. The Morgan fingerprint density at radius 2 is 1.91 bits per heavy atom. The van der Waals surface area contributed by atoms with Gasteiger partial charge in [0.15, 0.2) is 0 Å². The highest BCUT2D eigenvalue weighted by atomic mass is 35.5. The minimum atomic E-state index is -0.451.